The molecule has 0 aromatic heterocycles. The predicted molar refractivity (Wildman–Crippen MR) is 209 cm³/mol. The zero-order chi connectivity index (χ0) is 32.6. The van der Waals surface area contributed by atoms with E-state index >= 15 is 0 Å². The average Bonchev–Trinajstić information content (AvgIpc) is 3.05. The van der Waals surface area contributed by atoms with Gasteiger partial charge in [0.2, 0.25) is 0 Å². The molecule has 0 bridgehead atoms. The largest absolute Gasteiger partial charge is 0.303 e. The van der Waals surface area contributed by atoms with Crippen LogP contribution in [0, 0.1) is 0 Å². The van der Waals surface area contributed by atoms with Gasteiger partial charge in [0.05, 0.1) is 0 Å². The topological polar surface area (TPSA) is 3.24 Å². The molecule has 0 atom stereocenters. The van der Waals surface area contributed by atoms with Crippen molar-refractivity contribution in [1.29, 1.82) is 0 Å². The molecule has 0 aromatic rings. The molecule has 0 N–H and O–H groups in total. The smallest absolute Gasteiger partial charge is 0.00187 e. The Balaban J connectivity index is 3.91. The van der Waals surface area contributed by atoms with Crippen molar-refractivity contribution in [2.75, 3.05) is 19.6 Å². The van der Waals surface area contributed by atoms with Crippen LogP contribution in [0.5, 0.6) is 0 Å². The van der Waals surface area contributed by atoms with Gasteiger partial charge in [-0.1, -0.05) is 245 Å². The number of rotatable bonds is 41. The minimum Gasteiger partial charge on any atom is -0.303 e. The number of nitrogens with zero attached hydrogens (tertiary/aromatic N) is 1. The van der Waals surface area contributed by atoms with Crippen LogP contribution in [-0.2, 0) is 0 Å². The van der Waals surface area contributed by atoms with Crippen molar-refractivity contribution >= 4 is 0 Å². The lowest BCUT2D eigenvalue weighted by Gasteiger charge is -2.22. The third-order valence-electron chi connectivity index (χ3n) is 10.5. The van der Waals surface area contributed by atoms with Gasteiger partial charge in [-0.05, 0) is 38.9 Å². The van der Waals surface area contributed by atoms with E-state index in [1.54, 1.807) is 0 Å². The van der Waals surface area contributed by atoms with Crippen molar-refractivity contribution in [3.63, 3.8) is 0 Å². The Labute approximate surface area is 288 Å². The third-order valence-corrected chi connectivity index (χ3v) is 10.5. The Hall–Kier alpha value is -0.0400. The van der Waals surface area contributed by atoms with Gasteiger partial charge in [-0.3, -0.25) is 0 Å². The lowest BCUT2D eigenvalue weighted by atomic mass is 10.0. The molecule has 0 aliphatic rings. The summed E-state index contributed by atoms with van der Waals surface area (Å²) in [6.45, 7) is 11.1. The summed E-state index contributed by atoms with van der Waals surface area (Å²) in [5.41, 5.74) is 0. The molecule has 0 aliphatic carbocycles. The minimum atomic E-state index is 1.37. The molecule has 1 nitrogen and oxygen atoms in total. The second kappa shape index (κ2) is 42.0. The summed E-state index contributed by atoms with van der Waals surface area (Å²) in [7, 11) is 0. The fourth-order valence-electron chi connectivity index (χ4n) is 7.22. The molecular formula is C44H91N. The summed E-state index contributed by atoms with van der Waals surface area (Å²) >= 11 is 0. The van der Waals surface area contributed by atoms with Crippen LogP contribution >= 0.6 is 0 Å². The van der Waals surface area contributed by atoms with E-state index < -0.39 is 0 Å². The predicted octanol–water partition coefficient (Wildman–Crippen LogP) is 16.2. The third kappa shape index (κ3) is 40.1. The van der Waals surface area contributed by atoms with Crippen molar-refractivity contribution < 1.29 is 0 Å². The normalized spacial score (nSPS) is 11.7. The van der Waals surface area contributed by atoms with Crippen LogP contribution in [0.25, 0.3) is 0 Å². The van der Waals surface area contributed by atoms with Crippen molar-refractivity contribution in [2.24, 2.45) is 0 Å². The Morgan fingerprint density at radius 2 is 0.311 bits per heavy atom. The van der Waals surface area contributed by atoms with Crippen LogP contribution in [0.15, 0.2) is 0 Å². The van der Waals surface area contributed by atoms with E-state index in [0.717, 1.165) is 0 Å². The summed E-state index contributed by atoms with van der Waals surface area (Å²) in [5.74, 6) is 0. The molecule has 0 radical (unpaired) electrons. The van der Waals surface area contributed by atoms with Crippen LogP contribution in [-0.4, -0.2) is 24.5 Å². The average molecular weight is 634 g/mol. The molecule has 0 aromatic carbocycles. The molecular weight excluding hydrogens is 542 g/mol. The first kappa shape index (κ1) is 45.0. The maximum Gasteiger partial charge on any atom is -0.00187 e. The van der Waals surface area contributed by atoms with E-state index in [4.69, 9.17) is 0 Å². The molecule has 1 heteroatoms. The summed E-state index contributed by atoms with van der Waals surface area (Å²) in [4.78, 5) is 2.87. The lowest BCUT2D eigenvalue weighted by molar-refractivity contribution is 0.254. The first-order valence-electron chi connectivity index (χ1n) is 22.1. The van der Waals surface area contributed by atoms with Crippen molar-refractivity contribution in [3.8, 4) is 0 Å². The van der Waals surface area contributed by atoms with E-state index in [2.05, 4.69) is 25.7 Å². The monoisotopic (exact) mass is 634 g/mol. The summed E-state index contributed by atoms with van der Waals surface area (Å²) in [6.07, 6.45) is 55.6. The highest BCUT2D eigenvalue weighted by Gasteiger charge is 2.05. The highest BCUT2D eigenvalue weighted by Crippen LogP contribution is 2.16. The number of hydrogen-bond donors (Lipinski definition) is 0. The Morgan fingerprint density at radius 1 is 0.178 bits per heavy atom. The summed E-state index contributed by atoms with van der Waals surface area (Å²) < 4.78 is 0. The maximum absolute atomic E-state index is 2.87. The SMILES string of the molecule is CCCCCCCCCCCCCCCN(CCCCCCCCCCCCCC)CCCCCCCCCCCCCCC. The summed E-state index contributed by atoms with van der Waals surface area (Å²) in [5, 5.41) is 0. The molecule has 0 aliphatic heterocycles. The van der Waals surface area contributed by atoms with Crippen LogP contribution in [0.2, 0.25) is 0 Å². The van der Waals surface area contributed by atoms with Crippen LogP contribution < -0.4 is 0 Å². The maximum atomic E-state index is 2.87. The van der Waals surface area contributed by atoms with Gasteiger partial charge in [0.25, 0.3) is 0 Å². The van der Waals surface area contributed by atoms with E-state index in [1.807, 2.05) is 0 Å². The number of unbranched alkanes of at least 4 members (excludes halogenated alkanes) is 35. The second-order valence-corrected chi connectivity index (χ2v) is 15.2. The minimum absolute atomic E-state index is 1.37. The quantitative estimate of drug-likeness (QED) is 0.0605. The van der Waals surface area contributed by atoms with Gasteiger partial charge in [-0.25, -0.2) is 0 Å². The fourth-order valence-corrected chi connectivity index (χ4v) is 7.22. The second-order valence-electron chi connectivity index (χ2n) is 15.2. The van der Waals surface area contributed by atoms with Crippen LogP contribution in [0.4, 0.5) is 0 Å². The zero-order valence-corrected chi connectivity index (χ0v) is 32.4. The Bertz CT molecular complexity index is 457. The van der Waals surface area contributed by atoms with Gasteiger partial charge in [0, 0.05) is 0 Å². The van der Waals surface area contributed by atoms with E-state index in [-0.39, 0.29) is 0 Å². The highest BCUT2D eigenvalue weighted by molar-refractivity contribution is 4.61. The fraction of sp³-hybridized carbons (Fsp3) is 1.00. The van der Waals surface area contributed by atoms with Crippen molar-refractivity contribution in [1.82, 2.24) is 4.90 Å². The van der Waals surface area contributed by atoms with E-state index in [0.29, 0.717) is 0 Å². The summed E-state index contributed by atoms with van der Waals surface area (Å²) in [6, 6.07) is 0. The lowest BCUT2D eigenvalue weighted by Crippen LogP contribution is -2.27. The molecule has 0 unspecified atom stereocenters. The molecule has 45 heavy (non-hydrogen) atoms. The molecule has 272 valence electrons. The van der Waals surface area contributed by atoms with E-state index in [9.17, 15) is 0 Å². The Morgan fingerprint density at radius 3 is 0.467 bits per heavy atom. The first-order valence-corrected chi connectivity index (χ1v) is 22.1. The van der Waals surface area contributed by atoms with Gasteiger partial charge in [0.1, 0.15) is 0 Å². The van der Waals surface area contributed by atoms with Gasteiger partial charge >= 0.3 is 0 Å². The zero-order valence-electron chi connectivity index (χ0n) is 32.4. The molecule has 0 saturated heterocycles. The van der Waals surface area contributed by atoms with Gasteiger partial charge in [-0.15, -0.1) is 0 Å². The van der Waals surface area contributed by atoms with Crippen LogP contribution in [0.1, 0.15) is 265 Å². The Kier molecular flexibility index (Phi) is 41.9. The standard InChI is InChI=1S/C44H91N/c1-4-7-10-13-16-19-22-25-28-31-34-37-40-43-45(42-39-36-33-30-27-24-21-18-15-12-9-6-3)44-41-38-35-32-29-26-23-20-17-14-11-8-5-2/h4-44H2,1-3H3. The van der Waals surface area contributed by atoms with Crippen LogP contribution in [0.3, 0.4) is 0 Å². The molecule has 0 amide bonds. The van der Waals surface area contributed by atoms with Gasteiger partial charge in [-0.2, -0.15) is 0 Å². The molecule has 0 saturated carbocycles. The molecule has 0 rings (SSSR count). The van der Waals surface area contributed by atoms with E-state index in [1.165, 1.54) is 264 Å². The highest BCUT2D eigenvalue weighted by atomic mass is 15.1. The van der Waals surface area contributed by atoms with Gasteiger partial charge in [0.15, 0.2) is 0 Å². The number of hydrogen-bond acceptors (Lipinski definition) is 1. The van der Waals surface area contributed by atoms with Crippen molar-refractivity contribution in [3.05, 3.63) is 0 Å². The van der Waals surface area contributed by atoms with Gasteiger partial charge < -0.3 is 4.90 Å². The molecule has 0 fully saturated rings. The first-order chi connectivity index (χ1) is 22.3. The molecule has 0 spiro atoms. The van der Waals surface area contributed by atoms with Crippen molar-refractivity contribution in [2.45, 2.75) is 265 Å². The molecule has 0 heterocycles.